The van der Waals surface area contributed by atoms with E-state index in [0.717, 1.165) is 36.4 Å². The highest BCUT2D eigenvalue weighted by Gasteiger charge is 2.54. The molecule has 2 N–H and O–H groups in total. The fraction of sp³-hybridized carbons (Fsp3) is 0.500. The number of hydrogen-bond acceptors (Lipinski definition) is 4. The van der Waals surface area contributed by atoms with E-state index in [1.165, 1.54) is 18.2 Å². The Morgan fingerprint density at radius 1 is 1.16 bits per heavy atom. The average Bonchev–Trinajstić information content (AvgIpc) is 3.06. The molecule has 0 bridgehead atoms. The molecule has 2 atom stereocenters. The molecule has 0 unspecified atom stereocenters. The van der Waals surface area contributed by atoms with Gasteiger partial charge in [0.15, 0.2) is 0 Å². The third-order valence-electron chi connectivity index (χ3n) is 7.63. The number of fused-ring (bicyclic) bond motifs is 2. The summed E-state index contributed by atoms with van der Waals surface area (Å²) < 4.78 is 5.26. The van der Waals surface area contributed by atoms with Crippen LogP contribution in [0.25, 0.3) is 0 Å². The fourth-order valence-corrected chi connectivity index (χ4v) is 6.37. The lowest BCUT2D eigenvalue weighted by Gasteiger charge is -2.47. The third-order valence-corrected chi connectivity index (χ3v) is 8.10. The van der Waals surface area contributed by atoms with Crippen molar-refractivity contribution in [3.63, 3.8) is 0 Å². The van der Waals surface area contributed by atoms with Gasteiger partial charge in [0.1, 0.15) is 5.54 Å². The maximum absolute atomic E-state index is 13.0. The van der Waals surface area contributed by atoms with Gasteiger partial charge in [-0.05, 0) is 97.2 Å². The minimum atomic E-state index is -0.785. The van der Waals surface area contributed by atoms with Gasteiger partial charge in [-0.25, -0.2) is 4.79 Å². The molecule has 0 aliphatic heterocycles. The predicted molar refractivity (Wildman–Crippen MR) is 129 cm³/mol. The van der Waals surface area contributed by atoms with E-state index in [1.54, 1.807) is 0 Å². The molecule has 4 nitrogen and oxygen atoms in total. The number of carbonyl (C=O) groups is 1. The number of anilines is 1. The molecule has 32 heavy (non-hydrogen) atoms. The summed E-state index contributed by atoms with van der Waals surface area (Å²) in [5, 5.41) is 14.6. The van der Waals surface area contributed by atoms with Crippen molar-refractivity contribution in [3.8, 4) is 0 Å². The molecule has 1 spiro atoms. The maximum Gasteiger partial charge on any atom is 0.331 e. The Bertz CT molecular complexity index is 985. The lowest BCUT2D eigenvalue weighted by molar-refractivity contribution is -0.148. The van der Waals surface area contributed by atoms with Crippen LogP contribution in [0.4, 0.5) is 5.69 Å². The van der Waals surface area contributed by atoms with E-state index in [1.807, 2.05) is 30.3 Å². The van der Waals surface area contributed by atoms with Crippen LogP contribution in [0.5, 0.6) is 0 Å². The molecule has 2 aromatic carbocycles. The molecule has 0 aromatic heterocycles. The van der Waals surface area contributed by atoms with Crippen LogP contribution in [0.2, 0.25) is 10.0 Å². The van der Waals surface area contributed by atoms with Gasteiger partial charge in [0.25, 0.3) is 0 Å². The number of aliphatic hydroxyl groups is 1. The first kappa shape index (κ1) is 23.4. The number of methoxy groups -OCH3 is 1. The average molecular weight is 476 g/mol. The number of rotatable bonds is 6. The SMILES string of the molecule is COC(=O)C1(Nc2cccc(Cl)c2)CCC2(CC1)c1ccc(Cl)cc1C[C@@H]2C[C@@H](C)CO. The molecule has 0 saturated heterocycles. The van der Waals surface area contributed by atoms with Gasteiger partial charge in [0.05, 0.1) is 7.11 Å². The van der Waals surface area contributed by atoms with Crippen LogP contribution in [-0.2, 0) is 21.4 Å². The van der Waals surface area contributed by atoms with Gasteiger partial charge in [-0.1, -0.05) is 42.3 Å². The molecule has 1 fully saturated rings. The number of nitrogens with one attached hydrogen (secondary N) is 1. The van der Waals surface area contributed by atoms with Crippen LogP contribution >= 0.6 is 23.2 Å². The minimum absolute atomic E-state index is 0.0170. The number of ether oxygens (including phenoxy) is 1. The smallest absolute Gasteiger partial charge is 0.331 e. The van der Waals surface area contributed by atoms with Gasteiger partial charge < -0.3 is 15.2 Å². The van der Waals surface area contributed by atoms with Gasteiger partial charge in [0.2, 0.25) is 0 Å². The summed E-state index contributed by atoms with van der Waals surface area (Å²) in [7, 11) is 1.45. The highest BCUT2D eigenvalue weighted by molar-refractivity contribution is 6.31. The maximum atomic E-state index is 13.0. The minimum Gasteiger partial charge on any atom is -0.467 e. The highest BCUT2D eigenvalue weighted by atomic mass is 35.5. The molecule has 6 heteroatoms. The number of benzene rings is 2. The monoisotopic (exact) mass is 475 g/mol. The number of hydrogen-bond donors (Lipinski definition) is 2. The van der Waals surface area contributed by atoms with Gasteiger partial charge >= 0.3 is 5.97 Å². The zero-order chi connectivity index (χ0) is 22.9. The zero-order valence-electron chi connectivity index (χ0n) is 18.7. The van der Waals surface area contributed by atoms with E-state index in [2.05, 4.69) is 24.4 Å². The van der Waals surface area contributed by atoms with Gasteiger partial charge in [0, 0.05) is 22.3 Å². The van der Waals surface area contributed by atoms with E-state index >= 15 is 0 Å². The standard InChI is InChI=1S/C26H31Cl2NO3/c1-17(16-30)12-19-13-18-14-21(28)6-7-23(18)25(19)8-10-26(11-9-25,24(31)32-2)29-22-5-3-4-20(27)15-22/h3-7,14-15,17,19,29-30H,8-13,16H2,1-2H3/t17-,19+,25?,26?/m1/s1. The highest BCUT2D eigenvalue weighted by Crippen LogP contribution is 2.56. The Balaban J connectivity index is 1.66. The van der Waals surface area contributed by atoms with Crippen molar-refractivity contribution in [2.24, 2.45) is 11.8 Å². The van der Waals surface area contributed by atoms with Crippen LogP contribution in [-0.4, -0.2) is 30.3 Å². The topological polar surface area (TPSA) is 58.6 Å². The summed E-state index contributed by atoms with van der Waals surface area (Å²) in [5.74, 6) is 0.417. The molecule has 2 aliphatic carbocycles. The molecule has 0 amide bonds. The summed E-state index contributed by atoms with van der Waals surface area (Å²) in [5.41, 5.74) is 2.69. The molecule has 2 aromatic rings. The van der Waals surface area contributed by atoms with Crippen LogP contribution in [0.1, 0.15) is 50.2 Å². The molecule has 4 rings (SSSR count). The Morgan fingerprint density at radius 3 is 2.53 bits per heavy atom. The molecular formula is C26H31Cl2NO3. The first-order valence-corrected chi connectivity index (χ1v) is 12.1. The first-order chi connectivity index (χ1) is 15.3. The molecule has 172 valence electrons. The fourth-order valence-electron chi connectivity index (χ4n) is 5.99. The van der Waals surface area contributed by atoms with Crippen molar-refractivity contribution < 1.29 is 14.6 Å². The Hall–Kier alpha value is -1.75. The summed E-state index contributed by atoms with van der Waals surface area (Å²) in [6.07, 6.45) is 4.99. The van der Waals surface area contributed by atoms with Crippen molar-refractivity contribution in [2.45, 2.75) is 56.4 Å². The molecular weight excluding hydrogens is 445 g/mol. The van der Waals surface area contributed by atoms with Crippen molar-refractivity contribution in [3.05, 3.63) is 63.6 Å². The van der Waals surface area contributed by atoms with Gasteiger partial charge in [-0.2, -0.15) is 0 Å². The number of carbonyl (C=O) groups excluding carboxylic acids is 1. The number of esters is 1. The van der Waals surface area contributed by atoms with Crippen LogP contribution < -0.4 is 5.32 Å². The van der Waals surface area contributed by atoms with E-state index in [9.17, 15) is 9.90 Å². The number of halogens is 2. The van der Waals surface area contributed by atoms with Gasteiger partial charge in [-0.15, -0.1) is 0 Å². The number of aliphatic hydroxyl groups excluding tert-OH is 1. The van der Waals surface area contributed by atoms with Crippen LogP contribution in [0, 0.1) is 11.8 Å². The Kier molecular flexibility index (Phi) is 6.76. The summed E-state index contributed by atoms with van der Waals surface area (Å²) >= 11 is 12.5. The second kappa shape index (κ2) is 9.24. The summed E-state index contributed by atoms with van der Waals surface area (Å²) in [6.45, 7) is 2.29. The second-order valence-corrected chi connectivity index (χ2v) is 10.5. The third kappa shape index (κ3) is 4.25. The molecule has 2 aliphatic rings. The largest absolute Gasteiger partial charge is 0.467 e. The molecule has 1 saturated carbocycles. The summed E-state index contributed by atoms with van der Waals surface area (Å²) in [4.78, 5) is 13.0. The quantitative estimate of drug-likeness (QED) is 0.501. The Labute approximate surface area is 200 Å². The second-order valence-electron chi connectivity index (χ2n) is 9.59. The first-order valence-electron chi connectivity index (χ1n) is 11.3. The van der Waals surface area contributed by atoms with E-state index in [4.69, 9.17) is 27.9 Å². The lowest BCUT2D eigenvalue weighted by atomic mass is 9.59. The normalized spacial score (nSPS) is 27.7. The van der Waals surface area contributed by atoms with Crippen molar-refractivity contribution in [1.29, 1.82) is 0 Å². The Morgan fingerprint density at radius 2 is 1.88 bits per heavy atom. The zero-order valence-corrected chi connectivity index (χ0v) is 20.2. The van der Waals surface area contributed by atoms with E-state index in [0.29, 0.717) is 23.8 Å². The van der Waals surface area contributed by atoms with Crippen molar-refractivity contribution in [2.75, 3.05) is 19.0 Å². The van der Waals surface area contributed by atoms with Crippen LogP contribution in [0.3, 0.4) is 0 Å². The van der Waals surface area contributed by atoms with E-state index < -0.39 is 5.54 Å². The predicted octanol–water partition coefficient (Wildman–Crippen LogP) is 6.02. The molecule has 0 radical (unpaired) electrons. The molecule has 0 heterocycles. The van der Waals surface area contributed by atoms with E-state index in [-0.39, 0.29) is 23.9 Å². The lowest BCUT2D eigenvalue weighted by Crippen LogP contribution is -2.53. The van der Waals surface area contributed by atoms with Crippen molar-refractivity contribution >= 4 is 34.9 Å². The van der Waals surface area contributed by atoms with Crippen molar-refractivity contribution in [1.82, 2.24) is 0 Å². The van der Waals surface area contributed by atoms with Crippen LogP contribution in [0.15, 0.2) is 42.5 Å². The summed E-state index contributed by atoms with van der Waals surface area (Å²) in [6, 6.07) is 13.7. The van der Waals surface area contributed by atoms with Gasteiger partial charge in [-0.3, -0.25) is 0 Å².